The summed E-state index contributed by atoms with van der Waals surface area (Å²) >= 11 is 1.45. The van der Waals surface area contributed by atoms with Gasteiger partial charge >= 0.3 is 0 Å². The fourth-order valence-corrected chi connectivity index (χ4v) is 2.54. The van der Waals surface area contributed by atoms with E-state index in [9.17, 15) is 4.79 Å². The minimum atomic E-state index is -0.485. The van der Waals surface area contributed by atoms with Gasteiger partial charge in [0.25, 0.3) is 5.91 Å². The number of nitrogens with zero attached hydrogens (tertiary/aromatic N) is 2. The first-order chi connectivity index (χ1) is 8.70. The highest BCUT2D eigenvalue weighted by atomic mass is 32.2. The maximum Gasteiger partial charge on any atom is 0.254 e. The fraction of sp³-hybridized carbons (Fsp3) is 0.583. The molecular weight excluding hydrogens is 248 g/mol. The van der Waals surface area contributed by atoms with Crippen molar-refractivity contribution in [1.29, 1.82) is 0 Å². The normalized spacial score (nSPS) is 16.5. The van der Waals surface area contributed by atoms with Crippen LogP contribution in [0.25, 0.3) is 0 Å². The third-order valence-corrected chi connectivity index (χ3v) is 3.72. The molecule has 3 N–H and O–H groups in total. The number of primary amides is 1. The second kappa shape index (κ2) is 6.04. The first-order valence-electron chi connectivity index (χ1n) is 6.18. The number of carbonyl (C=O) groups excluding carboxylic acids is 1. The molecule has 2 rings (SSSR count). The summed E-state index contributed by atoms with van der Waals surface area (Å²) in [5.41, 5.74) is 5.72. The van der Waals surface area contributed by atoms with E-state index in [2.05, 4.69) is 15.3 Å². The molecule has 1 amide bonds. The predicted molar refractivity (Wildman–Crippen MR) is 72.8 cm³/mol. The molecule has 1 aliphatic rings. The molecule has 18 heavy (non-hydrogen) atoms. The molecule has 1 aromatic heterocycles. The van der Waals surface area contributed by atoms with Crippen molar-refractivity contribution in [1.82, 2.24) is 9.97 Å². The van der Waals surface area contributed by atoms with Crippen molar-refractivity contribution in [2.45, 2.75) is 43.3 Å². The molecule has 0 bridgehead atoms. The largest absolute Gasteiger partial charge is 0.367 e. The number of amides is 1. The maximum atomic E-state index is 11.4. The number of carbonyl (C=O) groups is 1. The van der Waals surface area contributed by atoms with Crippen LogP contribution in [0, 0.1) is 0 Å². The average Bonchev–Trinajstić information content (AvgIpc) is 2.39. The molecule has 0 radical (unpaired) electrons. The molecule has 1 heterocycles. The van der Waals surface area contributed by atoms with Crippen LogP contribution in [0.3, 0.4) is 0 Å². The Morgan fingerprint density at radius 1 is 1.44 bits per heavy atom. The summed E-state index contributed by atoms with van der Waals surface area (Å²) in [6.45, 7) is 0. The Balaban J connectivity index is 2.19. The highest BCUT2D eigenvalue weighted by Crippen LogP contribution is 2.23. The van der Waals surface area contributed by atoms with Crippen LogP contribution in [0.2, 0.25) is 0 Å². The minimum absolute atomic E-state index is 0.373. The summed E-state index contributed by atoms with van der Waals surface area (Å²) in [6, 6.07) is 0.390. The van der Waals surface area contributed by atoms with E-state index in [1.807, 2.05) is 6.26 Å². The number of thioether (sulfide) groups is 1. The maximum absolute atomic E-state index is 11.4. The van der Waals surface area contributed by atoms with Crippen molar-refractivity contribution in [2.24, 2.45) is 5.73 Å². The molecule has 1 fully saturated rings. The smallest absolute Gasteiger partial charge is 0.254 e. The molecule has 5 nitrogen and oxygen atoms in total. The lowest BCUT2D eigenvalue weighted by Crippen LogP contribution is -2.25. The van der Waals surface area contributed by atoms with Gasteiger partial charge in [-0.1, -0.05) is 31.0 Å². The van der Waals surface area contributed by atoms with E-state index in [0.717, 1.165) is 12.8 Å². The molecule has 0 aromatic carbocycles. The average molecular weight is 266 g/mol. The highest BCUT2D eigenvalue weighted by molar-refractivity contribution is 7.98. The van der Waals surface area contributed by atoms with E-state index in [-0.39, 0.29) is 0 Å². The molecule has 1 saturated carbocycles. The van der Waals surface area contributed by atoms with Gasteiger partial charge < -0.3 is 11.1 Å². The number of hydrogen-bond acceptors (Lipinski definition) is 5. The van der Waals surface area contributed by atoms with Crippen molar-refractivity contribution < 1.29 is 4.79 Å². The number of aromatic nitrogens is 2. The molecular formula is C12H18N4OS. The molecule has 0 saturated heterocycles. The lowest BCUT2D eigenvalue weighted by Gasteiger charge is -2.24. The van der Waals surface area contributed by atoms with Gasteiger partial charge in [-0.3, -0.25) is 4.79 Å². The van der Waals surface area contributed by atoms with Gasteiger partial charge in [0.2, 0.25) is 0 Å². The molecule has 0 atom stereocenters. The van der Waals surface area contributed by atoms with Crippen LogP contribution >= 0.6 is 11.8 Å². The van der Waals surface area contributed by atoms with Crippen LogP contribution in [-0.2, 0) is 0 Å². The van der Waals surface area contributed by atoms with Crippen molar-refractivity contribution in [3.8, 4) is 0 Å². The van der Waals surface area contributed by atoms with Gasteiger partial charge in [0, 0.05) is 12.2 Å². The summed E-state index contributed by atoms with van der Waals surface area (Å²) in [5, 5.41) is 3.99. The molecule has 6 heteroatoms. The number of rotatable bonds is 4. The number of hydrogen-bond donors (Lipinski definition) is 2. The Morgan fingerprint density at radius 3 is 2.78 bits per heavy atom. The Bertz CT molecular complexity index is 432. The third kappa shape index (κ3) is 3.13. The van der Waals surface area contributed by atoms with E-state index in [1.54, 1.807) is 0 Å². The lowest BCUT2D eigenvalue weighted by molar-refractivity contribution is 0.1000. The topological polar surface area (TPSA) is 80.9 Å². The Kier molecular flexibility index (Phi) is 4.41. The summed E-state index contributed by atoms with van der Waals surface area (Å²) in [6.07, 6.45) is 9.40. The van der Waals surface area contributed by atoms with Gasteiger partial charge in [0.1, 0.15) is 5.82 Å². The van der Waals surface area contributed by atoms with Gasteiger partial charge in [-0.2, -0.15) is 0 Å². The van der Waals surface area contributed by atoms with Gasteiger partial charge in [-0.25, -0.2) is 9.97 Å². The Morgan fingerprint density at radius 2 is 2.17 bits per heavy atom. The van der Waals surface area contributed by atoms with Crippen LogP contribution in [0.15, 0.2) is 11.4 Å². The Labute approximate surface area is 111 Å². The van der Waals surface area contributed by atoms with E-state index >= 15 is 0 Å². The Hall–Kier alpha value is -1.30. The van der Waals surface area contributed by atoms with E-state index in [0.29, 0.717) is 22.6 Å². The molecule has 0 aliphatic heterocycles. The fourth-order valence-electron chi connectivity index (χ4n) is 2.19. The van der Waals surface area contributed by atoms with Crippen molar-refractivity contribution in [2.75, 3.05) is 11.6 Å². The number of anilines is 1. The standard InChI is InChI=1S/C12H18N4OS/c1-18-12-14-7-9(10(13)17)11(16-12)15-8-5-3-2-4-6-8/h7-8H,2-6H2,1H3,(H2,13,17)(H,14,15,16). The van der Waals surface area contributed by atoms with Crippen molar-refractivity contribution >= 4 is 23.5 Å². The number of nitrogens with one attached hydrogen (secondary N) is 1. The molecule has 0 spiro atoms. The SMILES string of the molecule is CSc1ncc(C(N)=O)c(NC2CCCCC2)n1. The van der Waals surface area contributed by atoms with Gasteiger partial charge in [0.05, 0.1) is 5.56 Å². The zero-order valence-corrected chi connectivity index (χ0v) is 11.3. The van der Waals surface area contributed by atoms with Crippen LogP contribution in [0.5, 0.6) is 0 Å². The van der Waals surface area contributed by atoms with Crippen LogP contribution in [0.1, 0.15) is 42.5 Å². The van der Waals surface area contributed by atoms with Crippen LogP contribution in [-0.4, -0.2) is 28.2 Å². The second-order valence-corrected chi connectivity index (χ2v) is 5.24. The monoisotopic (exact) mass is 266 g/mol. The van der Waals surface area contributed by atoms with E-state index < -0.39 is 5.91 Å². The van der Waals surface area contributed by atoms with Crippen LogP contribution < -0.4 is 11.1 Å². The molecule has 0 unspecified atom stereocenters. The summed E-state index contributed by atoms with van der Waals surface area (Å²) < 4.78 is 0. The van der Waals surface area contributed by atoms with Gasteiger partial charge in [-0.05, 0) is 19.1 Å². The summed E-state index contributed by atoms with van der Waals surface area (Å²) in [5.74, 6) is 0.0923. The molecule has 1 aromatic rings. The van der Waals surface area contributed by atoms with Gasteiger partial charge in [0.15, 0.2) is 5.16 Å². The van der Waals surface area contributed by atoms with E-state index in [1.165, 1.54) is 37.2 Å². The quantitative estimate of drug-likeness (QED) is 0.644. The first-order valence-corrected chi connectivity index (χ1v) is 7.40. The van der Waals surface area contributed by atoms with Crippen LogP contribution in [0.4, 0.5) is 5.82 Å². The summed E-state index contributed by atoms with van der Waals surface area (Å²) in [4.78, 5) is 19.8. The zero-order chi connectivity index (χ0) is 13.0. The number of nitrogens with two attached hydrogens (primary N) is 1. The highest BCUT2D eigenvalue weighted by Gasteiger charge is 2.18. The molecule has 98 valence electrons. The third-order valence-electron chi connectivity index (χ3n) is 3.16. The lowest BCUT2D eigenvalue weighted by atomic mass is 9.95. The summed E-state index contributed by atoms with van der Waals surface area (Å²) in [7, 11) is 0. The zero-order valence-electron chi connectivity index (χ0n) is 10.5. The minimum Gasteiger partial charge on any atom is -0.367 e. The van der Waals surface area contributed by atoms with E-state index in [4.69, 9.17) is 5.73 Å². The predicted octanol–water partition coefficient (Wildman–Crippen LogP) is 2.04. The van der Waals surface area contributed by atoms with Gasteiger partial charge in [-0.15, -0.1) is 0 Å². The molecule has 1 aliphatic carbocycles. The van der Waals surface area contributed by atoms with Crippen molar-refractivity contribution in [3.05, 3.63) is 11.8 Å². The first kappa shape index (κ1) is 13.1. The van der Waals surface area contributed by atoms with Crippen molar-refractivity contribution in [3.63, 3.8) is 0 Å². The second-order valence-electron chi connectivity index (χ2n) is 4.46.